The number of amides is 4. The van der Waals surface area contributed by atoms with E-state index in [-0.39, 0.29) is 17.8 Å². The first-order valence-electron chi connectivity index (χ1n) is 11.4. The largest absolute Gasteiger partial charge is 0.508 e. The Bertz CT molecular complexity index is 936. The molecule has 1 aromatic rings. The zero-order chi connectivity index (χ0) is 25.8. The number of hydrogen-bond donors (Lipinski definition) is 4. The molecule has 1 saturated carbocycles. The van der Waals surface area contributed by atoms with E-state index in [1.54, 1.807) is 53.7 Å². The molecule has 5 N–H and O–H groups in total. The highest BCUT2D eigenvalue weighted by atomic mass is 16.6. The Morgan fingerprint density at radius 2 is 1.79 bits per heavy atom. The third-order valence-corrected chi connectivity index (χ3v) is 5.08. The third kappa shape index (κ3) is 7.64. The van der Waals surface area contributed by atoms with E-state index in [4.69, 9.17) is 10.5 Å². The van der Waals surface area contributed by atoms with Gasteiger partial charge in [-0.3, -0.25) is 14.4 Å². The van der Waals surface area contributed by atoms with Crippen molar-refractivity contribution in [1.29, 1.82) is 0 Å². The smallest absolute Gasteiger partial charge is 0.408 e. The van der Waals surface area contributed by atoms with Crippen molar-refractivity contribution in [1.82, 2.24) is 15.5 Å². The van der Waals surface area contributed by atoms with Crippen LogP contribution in [0.3, 0.4) is 0 Å². The highest BCUT2D eigenvalue weighted by molar-refractivity contribution is 5.95. The molecule has 1 aliphatic carbocycles. The molecule has 188 valence electrons. The average Bonchev–Trinajstić information content (AvgIpc) is 3.49. The molecule has 0 bridgehead atoms. The van der Waals surface area contributed by atoms with Crippen molar-refractivity contribution in [2.24, 2.45) is 5.73 Å². The number of nitrogens with two attached hydrogens (primary N) is 1. The molecule has 0 aliphatic heterocycles. The first-order valence-corrected chi connectivity index (χ1v) is 11.4. The second kappa shape index (κ2) is 10.8. The van der Waals surface area contributed by atoms with Gasteiger partial charge in [-0.05, 0) is 77.6 Å². The number of aryl methyl sites for hydroxylation is 1. The number of phenols is 1. The third-order valence-electron chi connectivity index (χ3n) is 5.08. The van der Waals surface area contributed by atoms with Crippen LogP contribution in [0.5, 0.6) is 5.75 Å². The number of aromatic hydroxyl groups is 1. The van der Waals surface area contributed by atoms with Gasteiger partial charge in [0.15, 0.2) is 0 Å². The lowest BCUT2D eigenvalue weighted by atomic mass is 9.99. The molecule has 2 unspecified atom stereocenters. The normalized spacial score (nSPS) is 15.3. The fourth-order valence-electron chi connectivity index (χ4n) is 3.55. The van der Waals surface area contributed by atoms with Crippen LogP contribution in [0, 0.1) is 6.92 Å². The van der Waals surface area contributed by atoms with Gasteiger partial charge in [0.05, 0.1) is 6.42 Å². The monoisotopic (exact) mass is 476 g/mol. The van der Waals surface area contributed by atoms with Crippen LogP contribution in [0.4, 0.5) is 4.79 Å². The van der Waals surface area contributed by atoms with Crippen LogP contribution < -0.4 is 16.4 Å². The summed E-state index contributed by atoms with van der Waals surface area (Å²) in [4.78, 5) is 52.6. The van der Waals surface area contributed by atoms with E-state index >= 15 is 0 Å². The van der Waals surface area contributed by atoms with Crippen molar-refractivity contribution in [3.05, 3.63) is 29.3 Å². The first-order chi connectivity index (χ1) is 15.7. The summed E-state index contributed by atoms with van der Waals surface area (Å²) >= 11 is 0. The molecule has 0 saturated heterocycles. The summed E-state index contributed by atoms with van der Waals surface area (Å²) in [5.74, 6) is -1.74. The van der Waals surface area contributed by atoms with Crippen LogP contribution in [0.1, 0.15) is 71.0 Å². The molecule has 2 rings (SSSR count). The highest BCUT2D eigenvalue weighted by Gasteiger charge is 2.44. The Balaban J connectivity index is 2.47. The molecule has 4 amide bonds. The lowest BCUT2D eigenvalue weighted by Gasteiger charge is -2.35. The van der Waals surface area contributed by atoms with Gasteiger partial charge in [-0.2, -0.15) is 0 Å². The van der Waals surface area contributed by atoms with Gasteiger partial charge >= 0.3 is 6.09 Å². The molecule has 1 fully saturated rings. The van der Waals surface area contributed by atoms with Crippen LogP contribution in [-0.4, -0.2) is 57.5 Å². The van der Waals surface area contributed by atoms with Crippen LogP contribution in [-0.2, 0) is 19.1 Å². The molecular weight excluding hydrogens is 440 g/mol. The van der Waals surface area contributed by atoms with Crippen LogP contribution in [0.2, 0.25) is 0 Å². The Hall–Kier alpha value is -3.30. The van der Waals surface area contributed by atoms with Crippen molar-refractivity contribution < 1.29 is 29.0 Å². The van der Waals surface area contributed by atoms with E-state index in [2.05, 4.69) is 10.6 Å². The van der Waals surface area contributed by atoms with E-state index in [1.165, 1.54) is 11.0 Å². The Labute approximate surface area is 200 Å². The summed E-state index contributed by atoms with van der Waals surface area (Å²) in [5.41, 5.74) is 5.60. The predicted molar refractivity (Wildman–Crippen MR) is 126 cm³/mol. The van der Waals surface area contributed by atoms with Crippen molar-refractivity contribution in [3.63, 3.8) is 0 Å². The maximum Gasteiger partial charge on any atom is 0.408 e. The molecule has 2 atom stereocenters. The lowest BCUT2D eigenvalue weighted by Crippen LogP contribution is -2.55. The number of benzene rings is 1. The van der Waals surface area contributed by atoms with Crippen molar-refractivity contribution in [3.8, 4) is 5.75 Å². The molecule has 0 radical (unpaired) electrons. The number of ether oxygens (including phenoxy) is 1. The van der Waals surface area contributed by atoms with Crippen molar-refractivity contribution >= 4 is 23.8 Å². The SMILES string of the molecule is Cc1cc(C(C(=O)NC(C)C)N(C(=O)C(CC(N)=O)NC(=O)OC(C)(C)C)C2CC2)ccc1O. The molecule has 0 heterocycles. The number of primary amides is 1. The van der Waals surface area contributed by atoms with Crippen LogP contribution >= 0.6 is 0 Å². The molecule has 10 heteroatoms. The molecule has 1 aromatic carbocycles. The number of carbonyl (C=O) groups excluding carboxylic acids is 4. The average molecular weight is 477 g/mol. The molecule has 1 aliphatic rings. The number of alkyl carbamates (subject to hydrolysis) is 1. The molecular formula is C24H36N4O6. The number of carbonyl (C=O) groups is 4. The van der Waals surface area contributed by atoms with Gasteiger partial charge in [0.1, 0.15) is 23.4 Å². The van der Waals surface area contributed by atoms with Crippen LogP contribution in [0.25, 0.3) is 0 Å². The Kier molecular flexibility index (Phi) is 8.52. The lowest BCUT2D eigenvalue weighted by molar-refractivity contribution is -0.144. The zero-order valence-corrected chi connectivity index (χ0v) is 20.7. The minimum absolute atomic E-state index is 0.0641. The summed E-state index contributed by atoms with van der Waals surface area (Å²) in [5, 5.41) is 15.3. The number of rotatable bonds is 9. The quantitative estimate of drug-likeness (QED) is 0.428. The van der Waals surface area contributed by atoms with E-state index in [9.17, 15) is 24.3 Å². The maximum atomic E-state index is 13.7. The van der Waals surface area contributed by atoms with E-state index in [1.807, 2.05) is 0 Å². The predicted octanol–water partition coefficient (Wildman–Crippen LogP) is 2.03. The summed E-state index contributed by atoms with van der Waals surface area (Å²) in [6.07, 6.45) is 0.0223. The molecule has 34 heavy (non-hydrogen) atoms. The van der Waals surface area contributed by atoms with E-state index < -0.39 is 47.9 Å². The van der Waals surface area contributed by atoms with Gasteiger partial charge in [-0.15, -0.1) is 0 Å². The minimum atomic E-state index is -1.31. The topological polar surface area (TPSA) is 151 Å². The second-order valence-corrected chi connectivity index (χ2v) is 9.96. The highest BCUT2D eigenvalue weighted by Crippen LogP contribution is 2.36. The minimum Gasteiger partial charge on any atom is -0.508 e. The van der Waals surface area contributed by atoms with Crippen molar-refractivity contribution in [2.75, 3.05) is 0 Å². The van der Waals surface area contributed by atoms with Crippen molar-refractivity contribution in [2.45, 2.75) is 90.6 Å². The molecule has 0 spiro atoms. The summed E-state index contributed by atoms with van der Waals surface area (Å²) in [6, 6.07) is 1.92. The van der Waals surface area contributed by atoms with Gasteiger partial charge in [0, 0.05) is 12.1 Å². The summed E-state index contributed by atoms with van der Waals surface area (Å²) in [7, 11) is 0. The first kappa shape index (κ1) is 26.9. The standard InChI is InChI=1S/C24H36N4O6/c1-13(2)26-21(31)20(15-7-10-18(29)14(3)11-15)28(16-8-9-16)22(32)17(12-19(25)30)27-23(33)34-24(4,5)6/h7,10-11,13,16-17,20,29H,8-9,12H2,1-6H3,(H2,25,30)(H,26,31)(H,27,33). The molecule has 0 aromatic heterocycles. The number of nitrogens with one attached hydrogen (secondary N) is 2. The number of hydrogen-bond acceptors (Lipinski definition) is 6. The molecule has 10 nitrogen and oxygen atoms in total. The van der Waals surface area contributed by atoms with E-state index in [0.717, 1.165) is 0 Å². The Morgan fingerprint density at radius 3 is 2.26 bits per heavy atom. The summed E-state index contributed by atoms with van der Waals surface area (Å²) in [6.45, 7) is 10.3. The van der Waals surface area contributed by atoms with E-state index in [0.29, 0.717) is 24.0 Å². The van der Waals surface area contributed by atoms with Gasteiger partial charge in [-0.25, -0.2) is 4.79 Å². The van der Waals surface area contributed by atoms with Gasteiger partial charge in [0.25, 0.3) is 0 Å². The fourth-order valence-corrected chi connectivity index (χ4v) is 3.55. The number of phenolic OH excluding ortho intramolecular Hbond substituents is 1. The number of nitrogens with zero attached hydrogens (tertiary/aromatic N) is 1. The fraction of sp³-hybridized carbons (Fsp3) is 0.583. The second-order valence-electron chi connectivity index (χ2n) is 9.96. The Morgan fingerprint density at radius 1 is 1.18 bits per heavy atom. The van der Waals surface area contributed by atoms with Crippen LogP contribution in [0.15, 0.2) is 18.2 Å². The zero-order valence-electron chi connectivity index (χ0n) is 20.7. The maximum absolute atomic E-state index is 13.7. The van der Waals surface area contributed by atoms with Gasteiger partial charge in [0.2, 0.25) is 17.7 Å². The van der Waals surface area contributed by atoms with Gasteiger partial charge < -0.3 is 31.1 Å². The van der Waals surface area contributed by atoms with Gasteiger partial charge in [-0.1, -0.05) is 6.07 Å². The summed E-state index contributed by atoms with van der Waals surface area (Å²) < 4.78 is 5.25.